The summed E-state index contributed by atoms with van der Waals surface area (Å²) in [6.07, 6.45) is -2.54. The number of hydrogen-bond acceptors (Lipinski definition) is 2. The maximum Gasteiger partial charge on any atom is 0.282 e. The van der Waals surface area contributed by atoms with Crippen molar-refractivity contribution < 1.29 is 8.78 Å². The predicted molar refractivity (Wildman–Crippen MR) is 32.6 cm³/mol. The smallest absolute Gasteiger partial charge is 0.282 e. The van der Waals surface area contributed by atoms with Crippen molar-refractivity contribution in [3.05, 3.63) is 11.8 Å². The average molecular weight is 147 g/mol. The molecule has 1 aromatic rings. The van der Waals surface area contributed by atoms with Gasteiger partial charge in [-0.15, -0.1) is 0 Å². The molecular formula is C5H7F2N3. The second-order valence-corrected chi connectivity index (χ2v) is 1.92. The van der Waals surface area contributed by atoms with E-state index in [1.165, 1.54) is 11.7 Å². The molecule has 3 nitrogen and oxygen atoms in total. The summed E-state index contributed by atoms with van der Waals surface area (Å²) >= 11 is 0. The molecule has 0 aliphatic rings. The molecule has 0 aliphatic carbocycles. The van der Waals surface area contributed by atoms with E-state index in [0.717, 1.165) is 6.07 Å². The third-order valence-corrected chi connectivity index (χ3v) is 1.16. The molecule has 0 unspecified atom stereocenters. The fourth-order valence-corrected chi connectivity index (χ4v) is 0.611. The molecular weight excluding hydrogens is 140 g/mol. The number of alkyl halides is 2. The van der Waals surface area contributed by atoms with Crippen molar-refractivity contribution in [3.8, 4) is 0 Å². The number of hydrogen-bond donors (Lipinski definition) is 1. The Balaban J connectivity index is 2.98. The lowest BCUT2D eigenvalue weighted by Crippen LogP contribution is -1.97. The molecule has 0 fully saturated rings. The minimum atomic E-state index is -2.54. The van der Waals surface area contributed by atoms with Crippen LogP contribution in [0.3, 0.4) is 0 Å². The number of anilines is 1. The predicted octanol–water partition coefficient (Wildman–Crippen LogP) is 0.940. The van der Waals surface area contributed by atoms with Gasteiger partial charge in [0, 0.05) is 13.1 Å². The second kappa shape index (κ2) is 2.24. The molecule has 0 saturated carbocycles. The van der Waals surface area contributed by atoms with Crippen LogP contribution >= 0.6 is 0 Å². The number of halogens is 2. The maximum absolute atomic E-state index is 11.8. The van der Waals surface area contributed by atoms with Gasteiger partial charge < -0.3 is 5.73 Å². The third-order valence-electron chi connectivity index (χ3n) is 1.16. The van der Waals surface area contributed by atoms with Crippen LogP contribution in [-0.2, 0) is 7.05 Å². The van der Waals surface area contributed by atoms with E-state index in [-0.39, 0.29) is 11.5 Å². The van der Waals surface area contributed by atoms with Crippen LogP contribution in [0.25, 0.3) is 0 Å². The molecule has 0 radical (unpaired) electrons. The van der Waals surface area contributed by atoms with Gasteiger partial charge in [-0.3, -0.25) is 4.68 Å². The highest BCUT2D eigenvalue weighted by Gasteiger charge is 2.11. The Morgan fingerprint density at radius 2 is 2.30 bits per heavy atom. The Bertz CT molecular complexity index is 211. The quantitative estimate of drug-likeness (QED) is 0.642. The fourth-order valence-electron chi connectivity index (χ4n) is 0.611. The first kappa shape index (κ1) is 6.98. The van der Waals surface area contributed by atoms with Crippen LogP contribution in [-0.4, -0.2) is 9.78 Å². The summed E-state index contributed by atoms with van der Waals surface area (Å²) in [6.45, 7) is 0. The van der Waals surface area contributed by atoms with E-state index in [1.807, 2.05) is 0 Å². The van der Waals surface area contributed by atoms with Crippen molar-refractivity contribution in [3.63, 3.8) is 0 Å². The molecule has 5 heteroatoms. The Labute approximate surface area is 56.4 Å². The van der Waals surface area contributed by atoms with Crippen LogP contribution in [0.5, 0.6) is 0 Å². The van der Waals surface area contributed by atoms with E-state index in [0.29, 0.717) is 0 Å². The van der Waals surface area contributed by atoms with E-state index >= 15 is 0 Å². The molecule has 0 atom stereocenters. The minimum Gasteiger partial charge on any atom is -0.384 e. The van der Waals surface area contributed by atoms with Gasteiger partial charge in [-0.25, -0.2) is 8.78 Å². The van der Waals surface area contributed by atoms with Crippen molar-refractivity contribution in [2.75, 3.05) is 5.73 Å². The zero-order chi connectivity index (χ0) is 7.72. The number of nitrogen functional groups attached to an aromatic ring is 1. The van der Waals surface area contributed by atoms with Crippen LogP contribution in [0, 0.1) is 0 Å². The van der Waals surface area contributed by atoms with E-state index in [2.05, 4.69) is 5.10 Å². The van der Waals surface area contributed by atoms with Gasteiger partial charge in [-0.05, 0) is 0 Å². The normalized spacial score (nSPS) is 10.8. The summed E-state index contributed by atoms with van der Waals surface area (Å²) < 4.78 is 24.9. The van der Waals surface area contributed by atoms with Gasteiger partial charge in [-0.1, -0.05) is 0 Å². The third kappa shape index (κ3) is 1.07. The van der Waals surface area contributed by atoms with Gasteiger partial charge in [0.1, 0.15) is 11.5 Å². The SMILES string of the molecule is Cn1nc(C(F)F)cc1N. The Morgan fingerprint density at radius 1 is 1.70 bits per heavy atom. The van der Waals surface area contributed by atoms with E-state index in [9.17, 15) is 8.78 Å². The van der Waals surface area contributed by atoms with E-state index < -0.39 is 6.43 Å². The molecule has 0 spiro atoms. The van der Waals surface area contributed by atoms with Gasteiger partial charge in [0.2, 0.25) is 0 Å². The van der Waals surface area contributed by atoms with Crippen LogP contribution < -0.4 is 5.73 Å². The van der Waals surface area contributed by atoms with E-state index in [1.54, 1.807) is 0 Å². The summed E-state index contributed by atoms with van der Waals surface area (Å²) in [5, 5.41) is 3.45. The van der Waals surface area contributed by atoms with Gasteiger partial charge in [0.15, 0.2) is 0 Å². The van der Waals surface area contributed by atoms with Gasteiger partial charge in [0.05, 0.1) is 0 Å². The molecule has 2 N–H and O–H groups in total. The molecule has 1 aromatic heterocycles. The first-order chi connectivity index (χ1) is 4.61. The summed E-state index contributed by atoms with van der Waals surface area (Å²) in [7, 11) is 1.52. The molecule has 10 heavy (non-hydrogen) atoms. The van der Waals surface area contributed by atoms with Crippen LogP contribution in [0.4, 0.5) is 14.6 Å². The summed E-state index contributed by atoms with van der Waals surface area (Å²) in [4.78, 5) is 0. The highest BCUT2D eigenvalue weighted by atomic mass is 19.3. The molecule has 1 rings (SSSR count). The van der Waals surface area contributed by atoms with Crippen LogP contribution in [0.1, 0.15) is 12.1 Å². The molecule has 1 heterocycles. The summed E-state index contributed by atoms with van der Waals surface area (Å²) in [6, 6.07) is 1.16. The van der Waals surface area contributed by atoms with E-state index in [4.69, 9.17) is 5.73 Å². The van der Waals surface area contributed by atoms with Crippen LogP contribution in [0.2, 0.25) is 0 Å². The zero-order valence-electron chi connectivity index (χ0n) is 5.38. The lowest BCUT2D eigenvalue weighted by molar-refractivity contribution is 0.145. The van der Waals surface area contributed by atoms with Gasteiger partial charge >= 0.3 is 0 Å². The second-order valence-electron chi connectivity index (χ2n) is 1.92. The van der Waals surface area contributed by atoms with Crippen LogP contribution in [0.15, 0.2) is 6.07 Å². The van der Waals surface area contributed by atoms with Gasteiger partial charge in [-0.2, -0.15) is 5.10 Å². The van der Waals surface area contributed by atoms with Gasteiger partial charge in [0.25, 0.3) is 6.43 Å². The Morgan fingerprint density at radius 3 is 2.50 bits per heavy atom. The molecule has 0 aromatic carbocycles. The average Bonchev–Trinajstić information content (AvgIpc) is 2.13. The number of nitrogens with two attached hydrogens (primary N) is 1. The highest BCUT2D eigenvalue weighted by Crippen LogP contribution is 2.18. The largest absolute Gasteiger partial charge is 0.384 e. The topological polar surface area (TPSA) is 43.8 Å². The molecule has 0 aliphatic heterocycles. The molecule has 56 valence electrons. The number of rotatable bonds is 1. The minimum absolute atomic E-state index is 0.246. The molecule has 0 bridgehead atoms. The van der Waals surface area contributed by atoms with Crippen molar-refractivity contribution in [1.29, 1.82) is 0 Å². The lowest BCUT2D eigenvalue weighted by atomic mass is 10.4. The summed E-state index contributed by atoms with van der Waals surface area (Å²) in [5.74, 6) is 0.246. The standard InChI is InChI=1S/C5H7F2N3/c1-10-4(8)2-3(9-10)5(6)7/h2,5H,8H2,1H3. The Hall–Kier alpha value is -1.13. The first-order valence-electron chi connectivity index (χ1n) is 2.69. The van der Waals surface area contributed by atoms with Crippen molar-refractivity contribution in [2.24, 2.45) is 7.05 Å². The highest BCUT2D eigenvalue weighted by molar-refractivity contribution is 5.30. The molecule has 0 saturated heterocycles. The number of aromatic nitrogens is 2. The van der Waals surface area contributed by atoms with Crippen molar-refractivity contribution >= 4 is 5.82 Å². The first-order valence-corrected chi connectivity index (χ1v) is 2.69. The summed E-state index contributed by atoms with van der Waals surface area (Å²) in [5.41, 5.74) is 4.97. The number of aryl methyl sites for hydroxylation is 1. The lowest BCUT2D eigenvalue weighted by Gasteiger charge is -1.89. The van der Waals surface area contributed by atoms with Crippen molar-refractivity contribution in [2.45, 2.75) is 6.43 Å². The fraction of sp³-hybridized carbons (Fsp3) is 0.400. The monoisotopic (exact) mass is 147 g/mol. The van der Waals surface area contributed by atoms with Crippen molar-refractivity contribution in [1.82, 2.24) is 9.78 Å². The molecule has 0 amide bonds. The number of nitrogens with zero attached hydrogens (tertiary/aromatic N) is 2. The zero-order valence-corrected chi connectivity index (χ0v) is 5.38. The Kier molecular flexibility index (Phi) is 1.57. The maximum atomic E-state index is 11.8.